The van der Waals surface area contributed by atoms with E-state index in [9.17, 15) is 0 Å². The fourth-order valence-corrected chi connectivity index (χ4v) is 2.35. The van der Waals surface area contributed by atoms with Crippen LogP contribution in [0.2, 0.25) is 0 Å². The van der Waals surface area contributed by atoms with Gasteiger partial charge in [-0.3, -0.25) is 0 Å². The highest BCUT2D eigenvalue weighted by molar-refractivity contribution is 7.09. The van der Waals surface area contributed by atoms with Gasteiger partial charge in [-0.15, -0.1) is 11.3 Å². The largest absolute Gasteiger partial charge is 0.237 e. The summed E-state index contributed by atoms with van der Waals surface area (Å²) in [7, 11) is 0. The van der Waals surface area contributed by atoms with E-state index in [0.717, 1.165) is 11.3 Å². The van der Waals surface area contributed by atoms with E-state index in [-0.39, 0.29) is 0 Å². The molecule has 0 saturated heterocycles. The maximum absolute atomic E-state index is 4.67. The highest BCUT2D eigenvalue weighted by atomic mass is 32.1. The van der Waals surface area contributed by atoms with Crippen LogP contribution < -0.4 is 0 Å². The van der Waals surface area contributed by atoms with Gasteiger partial charge in [0.1, 0.15) is 5.82 Å². The van der Waals surface area contributed by atoms with Gasteiger partial charge in [-0.25, -0.2) is 9.97 Å². The van der Waals surface area contributed by atoms with E-state index in [1.807, 2.05) is 0 Å². The third kappa shape index (κ3) is 1.88. The van der Waals surface area contributed by atoms with Gasteiger partial charge in [0.2, 0.25) is 0 Å². The first-order chi connectivity index (χ1) is 7.09. The zero-order valence-electron chi connectivity index (χ0n) is 9.61. The summed E-state index contributed by atoms with van der Waals surface area (Å²) in [6, 6.07) is 0. The van der Waals surface area contributed by atoms with Gasteiger partial charge in [0.05, 0.1) is 11.2 Å². The molecule has 0 atom stereocenters. The number of rotatable bonds is 2. The van der Waals surface area contributed by atoms with Crippen molar-refractivity contribution in [3.05, 3.63) is 22.3 Å². The van der Waals surface area contributed by atoms with Crippen LogP contribution in [0.15, 0.2) is 10.8 Å². The second-order valence-corrected chi connectivity index (χ2v) is 5.19. The molecule has 2 aromatic rings. The molecule has 2 nitrogen and oxygen atoms in total. The molecule has 2 aromatic heterocycles. The van der Waals surface area contributed by atoms with Gasteiger partial charge in [0.25, 0.3) is 0 Å². The summed E-state index contributed by atoms with van der Waals surface area (Å²) in [5.74, 6) is 1.82. The van der Waals surface area contributed by atoms with Crippen molar-refractivity contribution >= 4 is 22.2 Å². The maximum Gasteiger partial charge on any atom is 0.131 e. The maximum atomic E-state index is 4.67. The normalized spacial score (nSPS) is 11.9. The summed E-state index contributed by atoms with van der Waals surface area (Å²) in [5, 5.41) is 5.48. The molecule has 2 heterocycles. The van der Waals surface area contributed by atoms with E-state index < -0.39 is 0 Å². The first-order valence-corrected chi connectivity index (χ1v) is 6.27. The topological polar surface area (TPSA) is 25.8 Å². The average Bonchev–Trinajstić information content (AvgIpc) is 2.62. The number of thiophene rings is 1. The zero-order chi connectivity index (χ0) is 11.0. The van der Waals surface area contributed by atoms with Crippen molar-refractivity contribution in [3.8, 4) is 0 Å². The number of hydrogen-bond acceptors (Lipinski definition) is 3. The van der Waals surface area contributed by atoms with Crippen LogP contribution in [0.5, 0.6) is 0 Å². The molecule has 0 unspecified atom stereocenters. The number of hydrogen-bond donors (Lipinski definition) is 0. The minimum absolute atomic E-state index is 0.395. The summed E-state index contributed by atoms with van der Waals surface area (Å²) < 4.78 is 0. The quantitative estimate of drug-likeness (QED) is 0.766. The Hall–Kier alpha value is -0.960. The Morgan fingerprint density at radius 2 is 1.73 bits per heavy atom. The molecule has 0 amide bonds. The second kappa shape index (κ2) is 3.89. The fraction of sp³-hybridized carbons (Fsp3) is 0.500. The second-order valence-electron chi connectivity index (χ2n) is 4.45. The molecule has 80 valence electrons. The van der Waals surface area contributed by atoms with Crippen molar-refractivity contribution in [2.45, 2.75) is 39.5 Å². The molecule has 3 heteroatoms. The molecule has 0 N–H and O–H groups in total. The molecule has 0 spiro atoms. The Morgan fingerprint density at radius 3 is 2.33 bits per heavy atom. The minimum Gasteiger partial charge on any atom is -0.237 e. The zero-order valence-corrected chi connectivity index (χ0v) is 10.4. The summed E-state index contributed by atoms with van der Waals surface area (Å²) in [5.41, 5.74) is 2.28. The van der Waals surface area contributed by atoms with Crippen LogP contribution in [0, 0.1) is 0 Å². The first kappa shape index (κ1) is 10.6. The lowest BCUT2D eigenvalue weighted by atomic mass is 10.1. The molecular formula is C12H16N2S. The van der Waals surface area contributed by atoms with Gasteiger partial charge >= 0.3 is 0 Å². The number of nitrogens with zero attached hydrogens (tertiary/aromatic N) is 2. The van der Waals surface area contributed by atoms with Crippen LogP contribution in [-0.2, 0) is 0 Å². The monoisotopic (exact) mass is 220 g/mol. The number of fused-ring (bicyclic) bond motifs is 1. The lowest BCUT2D eigenvalue weighted by molar-refractivity contribution is 0.743. The van der Waals surface area contributed by atoms with Crippen LogP contribution in [0.3, 0.4) is 0 Å². The summed E-state index contributed by atoms with van der Waals surface area (Å²) in [6.07, 6.45) is 0. The van der Waals surface area contributed by atoms with Crippen LogP contribution >= 0.6 is 11.3 Å². The van der Waals surface area contributed by atoms with Gasteiger partial charge in [-0.1, -0.05) is 27.7 Å². The van der Waals surface area contributed by atoms with Gasteiger partial charge in [0.15, 0.2) is 0 Å². The van der Waals surface area contributed by atoms with Gasteiger partial charge in [0, 0.05) is 22.1 Å². The van der Waals surface area contributed by atoms with Crippen molar-refractivity contribution in [2.24, 2.45) is 0 Å². The summed E-state index contributed by atoms with van der Waals surface area (Å²) in [4.78, 5) is 9.24. The molecule has 2 rings (SSSR count). The van der Waals surface area contributed by atoms with Gasteiger partial charge in [-0.05, 0) is 5.92 Å². The Kier molecular flexibility index (Phi) is 2.74. The van der Waals surface area contributed by atoms with Gasteiger partial charge < -0.3 is 0 Å². The number of aromatic nitrogens is 2. The van der Waals surface area contributed by atoms with E-state index in [1.165, 1.54) is 11.1 Å². The van der Waals surface area contributed by atoms with Gasteiger partial charge in [-0.2, -0.15) is 0 Å². The molecule has 0 aliphatic heterocycles. The van der Waals surface area contributed by atoms with Crippen molar-refractivity contribution in [2.75, 3.05) is 0 Å². The molecule has 0 aliphatic rings. The predicted octanol–water partition coefficient (Wildman–Crippen LogP) is 3.94. The Balaban J connectivity index is 2.69. The van der Waals surface area contributed by atoms with Crippen molar-refractivity contribution in [1.29, 1.82) is 0 Å². The molecule has 15 heavy (non-hydrogen) atoms. The molecule has 0 fully saturated rings. The molecule has 0 bridgehead atoms. The van der Waals surface area contributed by atoms with E-state index in [2.05, 4.69) is 48.4 Å². The standard InChI is InChI=1S/C12H16N2S/c1-7(2)11-9-5-15-6-10(9)13-12(14-11)8(3)4/h5-8H,1-4H3. The Morgan fingerprint density at radius 1 is 1.00 bits per heavy atom. The van der Waals surface area contributed by atoms with E-state index in [1.54, 1.807) is 11.3 Å². The third-order valence-corrected chi connectivity index (χ3v) is 3.18. The third-order valence-electron chi connectivity index (χ3n) is 2.45. The molecule has 0 radical (unpaired) electrons. The van der Waals surface area contributed by atoms with E-state index in [0.29, 0.717) is 11.8 Å². The van der Waals surface area contributed by atoms with Crippen molar-refractivity contribution < 1.29 is 0 Å². The molecule has 0 aliphatic carbocycles. The summed E-state index contributed by atoms with van der Waals surface area (Å²) in [6.45, 7) is 8.64. The molecule has 0 aromatic carbocycles. The minimum atomic E-state index is 0.395. The van der Waals surface area contributed by atoms with Crippen molar-refractivity contribution in [1.82, 2.24) is 9.97 Å². The summed E-state index contributed by atoms with van der Waals surface area (Å²) >= 11 is 1.70. The molecular weight excluding hydrogens is 204 g/mol. The van der Waals surface area contributed by atoms with E-state index >= 15 is 0 Å². The van der Waals surface area contributed by atoms with Crippen LogP contribution in [-0.4, -0.2) is 9.97 Å². The highest BCUT2D eigenvalue weighted by Gasteiger charge is 2.12. The lowest BCUT2D eigenvalue weighted by Crippen LogP contribution is -2.03. The predicted molar refractivity (Wildman–Crippen MR) is 65.6 cm³/mol. The van der Waals surface area contributed by atoms with Crippen LogP contribution in [0.4, 0.5) is 0 Å². The molecule has 0 saturated carbocycles. The smallest absolute Gasteiger partial charge is 0.131 e. The van der Waals surface area contributed by atoms with E-state index in [4.69, 9.17) is 0 Å². The average molecular weight is 220 g/mol. The fourth-order valence-electron chi connectivity index (χ4n) is 1.60. The van der Waals surface area contributed by atoms with Crippen LogP contribution in [0.1, 0.15) is 51.0 Å². The Bertz CT molecular complexity index is 471. The Labute approximate surface area is 94.4 Å². The highest BCUT2D eigenvalue weighted by Crippen LogP contribution is 2.27. The van der Waals surface area contributed by atoms with Crippen LogP contribution in [0.25, 0.3) is 10.9 Å². The first-order valence-electron chi connectivity index (χ1n) is 5.33. The van der Waals surface area contributed by atoms with Crippen molar-refractivity contribution in [3.63, 3.8) is 0 Å². The lowest BCUT2D eigenvalue weighted by Gasteiger charge is -2.10. The SMILES string of the molecule is CC(C)c1nc(C(C)C)c2cscc2n1.